The van der Waals surface area contributed by atoms with Crippen LogP contribution in [0.5, 0.6) is 5.75 Å². The number of ether oxygens (including phenoxy) is 1. The lowest BCUT2D eigenvalue weighted by molar-refractivity contribution is 0.251. The Morgan fingerprint density at radius 2 is 2.05 bits per heavy atom. The number of nitrogens with zero attached hydrogens (tertiary/aromatic N) is 1. The third-order valence-corrected chi connectivity index (χ3v) is 2.92. The maximum Gasteiger partial charge on any atom is 0.319 e. The number of carbonyl (C=O) groups excluding carboxylic acids is 1. The van der Waals surface area contributed by atoms with Gasteiger partial charge in [0, 0.05) is 12.7 Å². The minimum Gasteiger partial charge on any atom is -0.497 e. The summed E-state index contributed by atoms with van der Waals surface area (Å²) in [6.45, 7) is 0.410. The fraction of sp³-hybridized carbons (Fsp3) is 0.143. The molecule has 0 unspecified atom stereocenters. The highest BCUT2D eigenvalue weighted by Gasteiger charge is 2.05. The number of hydrogen-bond donors (Lipinski definition) is 2. The van der Waals surface area contributed by atoms with Crippen LogP contribution in [-0.4, -0.2) is 18.1 Å². The fourth-order valence-electron chi connectivity index (χ4n) is 1.57. The lowest BCUT2D eigenvalue weighted by Crippen LogP contribution is -2.28. The highest BCUT2D eigenvalue weighted by Crippen LogP contribution is 2.17. The van der Waals surface area contributed by atoms with Crippen molar-refractivity contribution in [3.05, 3.63) is 53.3 Å². The monoisotopic (exact) mass is 291 g/mol. The van der Waals surface area contributed by atoms with E-state index in [9.17, 15) is 4.79 Å². The van der Waals surface area contributed by atoms with Crippen molar-refractivity contribution < 1.29 is 9.53 Å². The first-order chi connectivity index (χ1) is 9.69. The van der Waals surface area contributed by atoms with E-state index < -0.39 is 0 Å². The number of anilines is 1. The molecule has 1 aromatic heterocycles. The molecule has 5 nitrogen and oxygen atoms in total. The lowest BCUT2D eigenvalue weighted by atomic mass is 10.2. The van der Waals surface area contributed by atoms with Gasteiger partial charge in [0.1, 0.15) is 5.75 Å². The van der Waals surface area contributed by atoms with Gasteiger partial charge in [-0.15, -0.1) is 0 Å². The molecule has 0 fully saturated rings. The van der Waals surface area contributed by atoms with Gasteiger partial charge in [0.25, 0.3) is 0 Å². The van der Waals surface area contributed by atoms with Crippen molar-refractivity contribution in [2.75, 3.05) is 12.4 Å². The lowest BCUT2D eigenvalue weighted by Gasteiger charge is -2.08. The summed E-state index contributed by atoms with van der Waals surface area (Å²) in [5.74, 6) is 0.778. The molecule has 1 heterocycles. The standard InChI is InChI=1S/C14H14ClN3O2/c1-20-11-6-4-10(5-7-11)9-17-14(19)18-12-3-2-8-16-13(12)15/h2-8H,9H2,1H3,(H2,17,18,19). The maximum absolute atomic E-state index is 11.7. The van der Waals surface area contributed by atoms with Crippen molar-refractivity contribution in [2.45, 2.75) is 6.54 Å². The largest absolute Gasteiger partial charge is 0.497 e. The molecule has 0 saturated carbocycles. The van der Waals surface area contributed by atoms with E-state index >= 15 is 0 Å². The van der Waals surface area contributed by atoms with Crippen LogP contribution in [0.1, 0.15) is 5.56 Å². The first-order valence-corrected chi connectivity index (χ1v) is 6.35. The molecule has 0 aliphatic carbocycles. The molecule has 0 aliphatic rings. The second-order valence-electron chi connectivity index (χ2n) is 4.00. The molecule has 2 aromatic rings. The summed E-state index contributed by atoms with van der Waals surface area (Å²) in [5, 5.41) is 5.63. The number of halogens is 1. The van der Waals surface area contributed by atoms with Gasteiger partial charge in [-0.3, -0.25) is 0 Å². The van der Waals surface area contributed by atoms with E-state index in [0.29, 0.717) is 12.2 Å². The van der Waals surface area contributed by atoms with E-state index in [2.05, 4.69) is 15.6 Å². The van der Waals surface area contributed by atoms with E-state index in [1.807, 2.05) is 24.3 Å². The number of pyridine rings is 1. The predicted octanol–water partition coefficient (Wildman–Crippen LogP) is 3.07. The molecule has 0 spiro atoms. The molecule has 0 bridgehead atoms. The summed E-state index contributed by atoms with van der Waals surface area (Å²) in [5.41, 5.74) is 1.44. The minimum absolute atomic E-state index is 0.257. The van der Waals surface area contributed by atoms with E-state index in [4.69, 9.17) is 16.3 Å². The van der Waals surface area contributed by atoms with Gasteiger partial charge in [0.2, 0.25) is 0 Å². The highest BCUT2D eigenvalue weighted by molar-refractivity contribution is 6.32. The average Bonchev–Trinajstić information content (AvgIpc) is 2.48. The molecule has 104 valence electrons. The minimum atomic E-state index is -0.337. The van der Waals surface area contributed by atoms with Crippen molar-refractivity contribution in [1.82, 2.24) is 10.3 Å². The molecule has 2 N–H and O–H groups in total. The first kappa shape index (κ1) is 14.1. The number of carbonyl (C=O) groups is 1. The van der Waals surface area contributed by atoms with E-state index in [1.54, 1.807) is 25.4 Å². The van der Waals surface area contributed by atoms with Crippen molar-refractivity contribution in [2.24, 2.45) is 0 Å². The van der Waals surface area contributed by atoms with Crippen LogP contribution in [0.25, 0.3) is 0 Å². The normalized spacial score (nSPS) is 9.90. The third kappa shape index (κ3) is 3.86. The van der Waals surface area contributed by atoms with Crippen molar-refractivity contribution in [1.29, 1.82) is 0 Å². The van der Waals surface area contributed by atoms with Crippen LogP contribution in [-0.2, 0) is 6.54 Å². The Bertz CT molecular complexity index is 587. The fourth-order valence-corrected chi connectivity index (χ4v) is 1.74. The number of amides is 2. The summed E-state index contributed by atoms with van der Waals surface area (Å²) >= 11 is 5.85. The summed E-state index contributed by atoms with van der Waals surface area (Å²) < 4.78 is 5.07. The van der Waals surface area contributed by atoms with Gasteiger partial charge in [0.05, 0.1) is 12.8 Å². The molecule has 0 atom stereocenters. The van der Waals surface area contributed by atoms with Crippen LogP contribution in [0, 0.1) is 0 Å². The number of rotatable bonds is 4. The van der Waals surface area contributed by atoms with Gasteiger partial charge in [0.15, 0.2) is 5.15 Å². The molecule has 0 saturated heterocycles. The zero-order chi connectivity index (χ0) is 14.4. The Labute approximate surface area is 121 Å². The SMILES string of the molecule is COc1ccc(CNC(=O)Nc2cccnc2Cl)cc1. The smallest absolute Gasteiger partial charge is 0.319 e. The van der Waals surface area contributed by atoms with Crippen LogP contribution in [0.3, 0.4) is 0 Å². The summed E-state index contributed by atoms with van der Waals surface area (Å²) in [7, 11) is 1.61. The van der Waals surface area contributed by atoms with Crippen molar-refractivity contribution >= 4 is 23.3 Å². The van der Waals surface area contributed by atoms with Gasteiger partial charge in [-0.05, 0) is 29.8 Å². The van der Waals surface area contributed by atoms with Gasteiger partial charge < -0.3 is 15.4 Å². The second-order valence-corrected chi connectivity index (χ2v) is 4.36. The molecule has 2 rings (SSSR count). The van der Waals surface area contributed by atoms with E-state index in [0.717, 1.165) is 11.3 Å². The van der Waals surface area contributed by atoms with Gasteiger partial charge in [-0.2, -0.15) is 0 Å². The summed E-state index contributed by atoms with van der Waals surface area (Å²) in [6.07, 6.45) is 1.56. The highest BCUT2D eigenvalue weighted by atomic mass is 35.5. The molecule has 2 amide bonds. The topological polar surface area (TPSA) is 63.2 Å². The number of hydrogen-bond acceptors (Lipinski definition) is 3. The van der Waals surface area contributed by atoms with Crippen LogP contribution in [0.2, 0.25) is 5.15 Å². The van der Waals surface area contributed by atoms with Crippen molar-refractivity contribution in [3.63, 3.8) is 0 Å². The molecule has 0 aliphatic heterocycles. The predicted molar refractivity (Wildman–Crippen MR) is 78.1 cm³/mol. The van der Waals surface area contributed by atoms with Crippen LogP contribution >= 0.6 is 11.6 Å². The summed E-state index contributed by atoms with van der Waals surface area (Å²) in [6, 6.07) is 10.5. The van der Waals surface area contributed by atoms with Crippen LogP contribution in [0.4, 0.5) is 10.5 Å². The quantitative estimate of drug-likeness (QED) is 0.851. The van der Waals surface area contributed by atoms with E-state index in [1.165, 1.54) is 0 Å². The average molecular weight is 292 g/mol. The molecule has 1 aromatic carbocycles. The van der Waals surface area contributed by atoms with E-state index in [-0.39, 0.29) is 11.2 Å². The Kier molecular flexibility index (Phi) is 4.79. The van der Waals surface area contributed by atoms with Crippen LogP contribution in [0.15, 0.2) is 42.6 Å². The molecular formula is C14H14ClN3O2. The summed E-state index contributed by atoms with van der Waals surface area (Å²) in [4.78, 5) is 15.6. The van der Waals surface area contributed by atoms with Gasteiger partial charge >= 0.3 is 6.03 Å². The Morgan fingerprint density at radius 1 is 1.30 bits per heavy atom. The van der Waals surface area contributed by atoms with Gasteiger partial charge in [-0.1, -0.05) is 23.7 Å². The first-order valence-electron chi connectivity index (χ1n) is 5.97. The third-order valence-electron chi connectivity index (χ3n) is 2.62. The second kappa shape index (κ2) is 6.77. The number of methoxy groups -OCH3 is 1. The van der Waals surface area contributed by atoms with Crippen LogP contribution < -0.4 is 15.4 Å². The number of urea groups is 1. The number of nitrogens with one attached hydrogen (secondary N) is 2. The molecule has 6 heteroatoms. The zero-order valence-corrected chi connectivity index (χ0v) is 11.6. The van der Waals surface area contributed by atoms with Gasteiger partial charge in [-0.25, -0.2) is 9.78 Å². The number of benzene rings is 1. The van der Waals surface area contributed by atoms with Crippen molar-refractivity contribution in [3.8, 4) is 5.75 Å². The molecule has 20 heavy (non-hydrogen) atoms. The number of aromatic nitrogens is 1. The maximum atomic E-state index is 11.7. The Hall–Kier alpha value is -2.27. The molecule has 0 radical (unpaired) electrons. The Morgan fingerprint density at radius 3 is 2.70 bits per heavy atom. The Balaban J connectivity index is 1.87. The zero-order valence-electron chi connectivity index (χ0n) is 10.9. The molecular weight excluding hydrogens is 278 g/mol.